The Morgan fingerprint density at radius 2 is 2.14 bits per heavy atom. The number of amides is 1. The topological polar surface area (TPSA) is 71.2 Å². The molecule has 1 aromatic heterocycles. The van der Waals surface area contributed by atoms with Gasteiger partial charge in [-0.3, -0.25) is 9.69 Å². The van der Waals surface area contributed by atoms with Crippen LogP contribution in [0, 0.1) is 11.8 Å². The van der Waals surface area contributed by atoms with Gasteiger partial charge in [-0.05, 0) is 38.8 Å². The van der Waals surface area contributed by atoms with E-state index in [-0.39, 0.29) is 17.9 Å². The third-order valence-corrected chi connectivity index (χ3v) is 5.09. The summed E-state index contributed by atoms with van der Waals surface area (Å²) < 4.78 is 0. The van der Waals surface area contributed by atoms with Crippen LogP contribution in [0.3, 0.4) is 0 Å². The number of hydrogen-bond donors (Lipinski definition) is 2. The summed E-state index contributed by atoms with van der Waals surface area (Å²) in [6, 6.07) is 0.246. The molecule has 3 N–H and O–H groups in total. The highest BCUT2D eigenvalue weighted by atomic mass is 32.1. The van der Waals surface area contributed by atoms with Crippen molar-refractivity contribution >= 4 is 22.4 Å². The highest BCUT2D eigenvalue weighted by molar-refractivity contribution is 7.15. The average Bonchev–Trinajstić information content (AvgIpc) is 2.84. The van der Waals surface area contributed by atoms with Crippen molar-refractivity contribution in [1.29, 1.82) is 0 Å². The molecule has 1 aliphatic heterocycles. The van der Waals surface area contributed by atoms with Crippen molar-refractivity contribution in [2.24, 2.45) is 11.8 Å². The number of likely N-dealkylation sites (tertiary alicyclic amines) is 1. The van der Waals surface area contributed by atoms with Crippen LogP contribution < -0.4 is 11.1 Å². The van der Waals surface area contributed by atoms with Crippen LogP contribution in [-0.4, -0.2) is 34.9 Å². The Kier molecular flexibility index (Phi) is 5.58. The summed E-state index contributed by atoms with van der Waals surface area (Å²) in [5.41, 5.74) is 5.65. The maximum atomic E-state index is 12.2. The molecule has 1 aliphatic rings. The molecule has 1 aromatic rings. The minimum Gasteiger partial charge on any atom is -0.375 e. The summed E-state index contributed by atoms with van der Waals surface area (Å²) in [5, 5.41) is 3.76. The SMILES string of the molecule is CC(C)C(C)NC(=O)C1CCN(Cc2cnc(N)s2)CC1. The van der Waals surface area contributed by atoms with Crippen molar-refractivity contribution in [2.75, 3.05) is 18.8 Å². The fraction of sp³-hybridized carbons (Fsp3) is 0.733. The Morgan fingerprint density at radius 3 is 2.67 bits per heavy atom. The van der Waals surface area contributed by atoms with Gasteiger partial charge in [0.25, 0.3) is 0 Å². The number of hydrogen-bond acceptors (Lipinski definition) is 5. The zero-order valence-electron chi connectivity index (χ0n) is 13.1. The first-order valence-electron chi connectivity index (χ1n) is 7.68. The first-order chi connectivity index (χ1) is 9.95. The van der Waals surface area contributed by atoms with E-state index >= 15 is 0 Å². The van der Waals surface area contributed by atoms with Crippen molar-refractivity contribution in [1.82, 2.24) is 15.2 Å². The van der Waals surface area contributed by atoms with Gasteiger partial charge in [0.2, 0.25) is 5.91 Å². The summed E-state index contributed by atoms with van der Waals surface area (Å²) in [6.07, 6.45) is 3.72. The molecular weight excluding hydrogens is 284 g/mol. The van der Waals surface area contributed by atoms with Crippen LogP contribution in [0.15, 0.2) is 6.20 Å². The molecule has 0 radical (unpaired) electrons. The second kappa shape index (κ2) is 7.22. The minimum absolute atomic E-state index is 0.161. The molecule has 2 heterocycles. The van der Waals surface area contributed by atoms with Gasteiger partial charge in [0, 0.05) is 29.6 Å². The molecule has 21 heavy (non-hydrogen) atoms. The Balaban J connectivity index is 1.76. The molecule has 118 valence electrons. The number of piperidine rings is 1. The molecule has 0 aliphatic carbocycles. The Hall–Kier alpha value is -1.14. The maximum Gasteiger partial charge on any atom is 0.223 e. The third-order valence-electron chi connectivity index (χ3n) is 4.28. The van der Waals surface area contributed by atoms with Crippen LogP contribution >= 0.6 is 11.3 Å². The number of nitrogen functional groups attached to an aromatic ring is 1. The number of thiazole rings is 1. The van der Waals surface area contributed by atoms with E-state index in [0.717, 1.165) is 32.5 Å². The van der Waals surface area contributed by atoms with Gasteiger partial charge in [-0.2, -0.15) is 0 Å². The third kappa shape index (κ3) is 4.68. The molecule has 1 fully saturated rings. The van der Waals surface area contributed by atoms with E-state index in [9.17, 15) is 4.79 Å². The molecule has 2 rings (SSSR count). The highest BCUT2D eigenvalue weighted by Crippen LogP contribution is 2.22. The number of aromatic nitrogens is 1. The van der Waals surface area contributed by atoms with Gasteiger partial charge in [-0.25, -0.2) is 4.98 Å². The summed E-state index contributed by atoms with van der Waals surface area (Å²) in [6.45, 7) is 9.16. The normalized spacial score (nSPS) is 18.9. The van der Waals surface area contributed by atoms with Gasteiger partial charge >= 0.3 is 0 Å². The van der Waals surface area contributed by atoms with Gasteiger partial charge in [0.1, 0.15) is 0 Å². The molecule has 0 bridgehead atoms. The molecule has 0 saturated carbocycles. The van der Waals surface area contributed by atoms with E-state index < -0.39 is 0 Å². The maximum absolute atomic E-state index is 12.2. The molecule has 6 heteroatoms. The predicted octanol–water partition coefficient (Wildman–Crippen LogP) is 2.10. The summed E-state index contributed by atoms with van der Waals surface area (Å²) in [4.78, 5) is 19.9. The van der Waals surface area contributed by atoms with Gasteiger partial charge in [-0.1, -0.05) is 13.8 Å². The number of anilines is 1. The number of carbonyl (C=O) groups is 1. The largest absolute Gasteiger partial charge is 0.375 e. The van der Waals surface area contributed by atoms with Crippen LogP contribution in [0.5, 0.6) is 0 Å². The number of nitrogens with zero attached hydrogens (tertiary/aromatic N) is 2. The van der Waals surface area contributed by atoms with Gasteiger partial charge in [0.15, 0.2) is 5.13 Å². The monoisotopic (exact) mass is 310 g/mol. The lowest BCUT2D eigenvalue weighted by atomic mass is 9.95. The Bertz CT molecular complexity index is 466. The molecule has 0 spiro atoms. The van der Waals surface area contributed by atoms with E-state index in [1.807, 2.05) is 6.20 Å². The summed E-state index contributed by atoms with van der Waals surface area (Å²) in [7, 11) is 0. The average molecular weight is 310 g/mol. The van der Waals surface area contributed by atoms with E-state index in [0.29, 0.717) is 11.0 Å². The predicted molar refractivity (Wildman–Crippen MR) is 87.0 cm³/mol. The summed E-state index contributed by atoms with van der Waals surface area (Å²) in [5.74, 6) is 0.859. The van der Waals surface area contributed by atoms with Gasteiger partial charge in [0.05, 0.1) is 0 Å². The van der Waals surface area contributed by atoms with Crippen LogP contribution in [-0.2, 0) is 11.3 Å². The van der Waals surface area contributed by atoms with Crippen molar-refractivity contribution in [3.63, 3.8) is 0 Å². The lowest BCUT2D eigenvalue weighted by molar-refractivity contribution is -0.127. The van der Waals surface area contributed by atoms with Gasteiger partial charge < -0.3 is 11.1 Å². The Labute approximate surface area is 130 Å². The van der Waals surface area contributed by atoms with E-state index in [4.69, 9.17) is 5.73 Å². The van der Waals surface area contributed by atoms with Crippen LogP contribution in [0.4, 0.5) is 5.13 Å². The van der Waals surface area contributed by atoms with Crippen LogP contribution in [0.1, 0.15) is 38.5 Å². The number of carbonyl (C=O) groups excluding carboxylic acids is 1. The molecule has 1 unspecified atom stereocenters. The zero-order valence-corrected chi connectivity index (χ0v) is 13.9. The first kappa shape index (κ1) is 16.2. The highest BCUT2D eigenvalue weighted by Gasteiger charge is 2.26. The second-order valence-corrected chi connectivity index (χ2v) is 7.40. The quantitative estimate of drug-likeness (QED) is 0.873. The fourth-order valence-electron chi connectivity index (χ4n) is 2.48. The van der Waals surface area contributed by atoms with Crippen molar-refractivity contribution in [2.45, 2.75) is 46.2 Å². The van der Waals surface area contributed by atoms with E-state index in [2.05, 4.69) is 36.0 Å². The lowest BCUT2D eigenvalue weighted by Crippen LogP contribution is -2.44. The molecule has 1 atom stereocenters. The van der Waals surface area contributed by atoms with E-state index in [1.54, 1.807) is 11.3 Å². The standard InChI is InChI=1S/C15H26N4OS/c1-10(2)11(3)18-14(20)12-4-6-19(7-5-12)9-13-8-17-15(16)21-13/h8,10-12H,4-7,9H2,1-3H3,(H2,16,17)(H,18,20). The fourth-order valence-corrected chi connectivity index (χ4v) is 3.20. The van der Waals surface area contributed by atoms with Gasteiger partial charge in [-0.15, -0.1) is 11.3 Å². The van der Waals surface area contributed by atoms with Crippen LogP contribution in [0.25, 0.3) is 0 Å². The molecule has 1 amide bonds. The first-order valence-corrected chi connectivity index (χ1v) is 8.50. The van der Waals surface area contributed by atoms with Crippen molar-refractivity contribution in [3.8, 4) is 0 Å². The Morgan fingerprint density at radius 1 is 1.48 bits per heavy atom. The van der Waals surface area contributed by atoms with E-state index in [1.165, 1.54) is 4.88 Å². The lowest BCUT2D eigenvalue weighted by Gasteiger charge is -2.31. The molecule has 1 saturated heterocycles. The summed E-state index contributed by atoms with van der Waals surface area (Å²) >= 11 is 1.55. The number of nitrogens with one attached hydrogen (secondary N) is 1. The number of nitrogens with two attached hydrogens (primary N) is 1. The minimum atomic E-state index is 0.161. The molecular formula is C15H26N4OS. The second-order valence-electron chi connectivity index (χ2n) is 6.26. The zero-order chi connectivity index (χ0) is 15.4. The molecule has 5 nitrogen and oxygen atoms in total. The van der Waals surface area contributed by atoms with Crippen molar-refractivity contribution < 1.29 is 4.79 Å². The number of rotatable bonds is 5. The van der Waals surface area contributed by atoms with Crippen LogP contribution in [0.2, 0.25) is 0 Å². The molecule has 0 aromatic carbocycles. The smallest absolute Gasteiger partial charge is 0.223 e. The van der Waals surface area contributed by atoms with Crippen molar-refractivity contribution in [3.05, 3.63) is 11.1 Å².